The zero-order valence-corrected chi connectivity index (χ0v) is 13.8. The highest BCUT2D eigenvalue weighted by Gasteiger charge is 2.34. The number of carboxylic acid groups (broad SMARTS) is 1. The molecule has 1 aromatic heterocycles. The van der Waals surface area contributed by atoms with E-state index in [0.29, 0.717) is 16.3 Å². The van der Waals surface area contributed by atoms with E-state index in [1.807, 2.05) is 0 Å². The Morgan fingerprint density at radius 2 is 2.00 bits per heavy atom. The van der Waals surface area contributed by atoms with Crippen LogP contribution in [0.4, 0.5) is 13.2 Å². The summed E-state index contributed by atoms with van der Waals surface area (Å²) in [6.45, 7) is 1.96. The molecule has 2 heterocycles. The monoisotopic (exact) mass is 370 g/mol. The summed E-state index contributed by atoms with van der Waals surface area (Å²) in [4.78, 5) is 15.4. The first kappa shape index (κ1) is 17.5. The number of alkyl halides is 3. The molecule has 1 aliphatic heterocycles. The van der Waals surface area contributed by atoms with Crippen molar-refractivity contribution in [3.8, 4) is 0 Å². The maximum Gasteiger partial charge on any atom is 0.416 e. The maximum absolute atomic E-state index is 12.6. The number of hydrogen-bond donors (Lipinski definition) is 1. The number of benzene rings is 1. The van der Waals surface area contributed by atoms with E-state index in [1.54, 1.807) is 13.1 Å². The molecule has 0 amide bonds. The van der Waals surface area contributed by atoms with Crippen LogP contribution in [-0.2, 0) is 17.5 Å². The lowest BCUT2D eigenvalue weighted by molar-refractivity contribution is -0.138. The first-order valence-electron chi connectivity index (χ1n) is 7.28. The summed E-state index contributed by atoms with van der Waals surface area (Å²) in [5, 5.41) is 16.8. The van der Waals surface area contributed by atoms with Gasteiger partial charge in [-0.1, -0.05) is 29.1 Å². The molecule has 0 fully saturated rings. The average molecular weight is 370 g/mol. The van der Waals surface area contributed by atoms with Crippen molar-refractivity contribution in [3.05, 3.63) is 47.3 Å². The standard InChI is InChI=1S/C15H13F3N4O2S/c1-8-12(14(23)24)25-13(19-8)11-7-22(21-20-11)6-9-2-4-10(5-3-9)15(16,17)18/h2-5,7-8,12H,6H2,1H3,(H,23,24). The molecule has 2 aromatic rings. The van der Waals surface area contributed by atoms with Crippen LogP contribution < -0.4 is 0 Å². The fraction of sp³-hybridized carbons (Fsp3) is 0.333. The van der Waals surface area contributed by atoms with Crippen molar-refractivity contribution in [1.82, 2.24) is 15.0 Å². The van der Waals surface area contributed by atoms with Crippen molar-refractivity contribution >= 4 is 22.8 Å². The second kappa shape index (κ2) is 6.51. The van der Waals surface area contributed by atoms with E-state index >= 15 is 0 Å². The van der Waals surface area contributed by atoms with Crippen LogP contribution in [0.5, 0.6) is 0 Å². The van der Waals surface area contributed by atoms with Gasteiger partial charge in [0.25, 0.3) is 0 Å². The number of hydrogen-bond acceptors (Lipinski definition) is 5. The van der Waals surface area contributed by atoms with E-state index in [9.17, 15) is 18.0 Å². The molecule has 1 N–H and O–H groups in total. The highest BCUT2D eigenvalue weighted by Crippen LogP contribution is 2.30. The van der Waals surface area contributed by atoms with Gasteiger partial charge in [0.15, 0.2) is 0 Å². The van der Waals surface area contributed by atoms with Gasteiger partial charge >= 0.3 is 12.1 Å². The number of rotatable bonds is 4. The Morgan fingerprint density at radius 3 is 2.56 bits per heavy atom. The van der Waals surface area contributed by atoms with E-state index in [1.165, 1.54) is 16.8 Å². The fourth-order valence-corrected chi connectivity index (χ4v) is 3.39. The molecule has 0 saturated carbocycles. The summed E-state index contributed by atoms with van der Waals surface area (Å²) < 4.78 is 39.1. The Kier molecular flexibility index (Phi) is 4.55. The van der Waals surface area contributed by atoms with Crippen LogP contribution >= 0.6 is 11.8 Å². The van der Waals surface area contributed by atoms with Crippen LogP contribution in [-0.4, -0.2) is 42.4 Å². The molecule has 1 aliphatic rings. The van der Waals surface area contributed by atoms with Gasteiger partial charge in [0.2, 0.25) is 0 Å². The first-order chi connectivity index (χ1) is 11.7. The van der Waals surface area contributed by atoms with Crippen molar-refractivity contribution < 1.29 is 23.1 Å². The molecular weight excluding hydrogens is 357 g/mol. The number of aromatic nitrogens is 3. The molecule has 0 saturated heterocycles. The number of thioether (sulfide) groups is 1. The van der Waals surface area contributed by atoms with Crippen LogP contribution in [0.15, 0.2) is 35.5 Å². The van der Waals surface area contributed by atoms with Crippen molar-refractivity contribution in [2.45, 2.75) is 30.9 Å². The smallest absolute Gasteiger partial charge is 0.416 e. The third-order valence-electron chi connectivity index (χ3n) is 3.62. The third-order valence-corrected chi connectivity index (χ3v) is 5.01. The van der Waals surface area contributed by atoms with E-state index < -0.39 is 23.0 Å². The molecular formula is C15H13F3N4O2S. The van der Waals surface area contributed by atoms with E-state index in [0.717, 1.165) is 23.9 Å². The van der Waals surface area contributed by atoms with Gasteiger partial charge in [0.1, 0.15) is 16.0 Å². The van der Waals surface area contributed by atoms with E-state index in [4.69, 9.17) is 5.11 Å². The second-order valence-corrected chi connectivity index (χ2v) is 6.68. The predicted molar refractivity (Wildman–Crippen MR) is 85.6 cm³/mol. The lowest BCUT2D eigenvalue weighted by atomic mass is 10.1. The van der Waals surface area contributed by atoms with Crippen molar-refractivity contribution in [1.29, 1.82) is 0 Å². The molecule has 1 aromatic carbocycles. The Balaban J connectivity index is 1.70. The summed E-state index contributed by atoms with van der Waals surface area (Å²) in [7, 11) is 0. The number of nitrogens with zero attached hydrogens (tertiary/aromatic N) is 4. The predicted octanol–water partition coefficient (Wildman–Crippen LogP) is 2.68. The highest BCUT2D eigenvalue weighted by molar-refractivity contribution is 8.15. The van der Waals surface area contributed by atoms with Crippen LogP contribution in [0.1, 0.15) is 23.7 Å². The van der Waals surface area contributed by atoms with E-state index in [-0.39, 0.29) is 12.6 Å². The lowest BCUT2D eigenvalue weighted by Crippen LogP contribution is -2.23. The normalized spacial score (nSPS) is 20.6. The molecule has 0 radical (unpaired) electrons. The van der Waals surface area contributed by atoms with Gasteiger partial charge in [-0.15, -0.1) is 5.10 Å². The average Bonchev–Trinajstić information content (AvgIpc) is 3.13. The van der Waals surface area contributed by atoms with Gasteiger partial charge in [0.05, 0.1) is 24.3 Å². The van der Waals surface area contributed by atoms with E-state index in [2.05, 4.69) is 15.3 Å². The maximum atomic E-state index is 12.6. The molecule has 25 heavy (non-hydrogen) atoms. The number of aliphatic carboxylic acids is 1. The van der Waals surface area contributed by atoms with Crippen molar-refractivity contribution in [2.75, 3.05) is 0 Å². The molecule has 6 nitrogen and oxygen atoms in total. The Bertz CT molecular complexity index is 817. The largest absolute Gasteiger partial charge is 0.480 e. The summed E-state index contributed by atoms with van der Waals surface area (Å²) in [6.07, 6.45) is -2.77. The number of halogens is 3. The first-order valence-corrected chi connectivity index (χ1v) is 8.16. The highest BCUT2D eigenvalue weighted by atomic mass is 32.2. The second-order valence-electron chi connectivity index (χ2n) is 5.55. The SMILES string of the molecule is CC1N=C(c2cn(Cc3ccc(C(F)(F)F)cc3)nn2)SC1C(=O)O. The minimum atomic E-state index is -4.37. The molecule has 132 valence electrons. The minimum Gasteiger partial charge on any atom is -0.480 e. The van der Waals surface area contributed by atoms with Gasteiger partial charge in [-0.25, -0.2) is 4.68 Å². The molecule has 10 heteroatoms. The fourth-order valence-electron chi connectivity index (χ4n) is 2.34. The van der Waals surface area contributed by atoms with Crippen molar-refractivity contribution in [3.63, 3.8) is 0 Å². The van der Waals surface area contributed by atoms with Gasteiger partial charge in [-0.05, 0) is 24.6 Å². The van der Waals surface area contributed by atoms with Gasteiger partial charge in [-0.3, -0.25) is 9.79 Å². The molecule has 2 atom stereocenters. The molecule has 0 aliphatic carbocycles. The minimum absolute atomic E-state index is 0.251. The van der Waals surface area contributed by atoms with Gasteiger partial charge in [-0.2, -0.15) is 13.2 Å². The topological polar surface area (TPSA) is 80.4 Å². The molecule has 2 unspecified atom stereocenters. The molecule has 0 bridgehead atoms. The molecule has 0 spiro atoms. The van der Waals surface area contributed by atoms with Crippen LogP contribution in [0.2, 0.25) is 0 Å². The number of aliphatic imine (C=N–C) groups is 1. The Labute approximate surface area is 144 Å². The van der Waals surface area contributed by atoms with Gasteiger partial charge < -0.3 is 5.11 Å². The zero-order valence-electron chi connectivity index (χ0n) is 12.9. The van der Waals surface area contributed by atoms with Crippen LogP contribution in [0, 0.1) is 0 Å². The Morgan fingerprint density at radius 1 is 1.32 bits per heavy atom. The summed E-state index contributed by atoms with van der Waals surface area (Å²) in [5.74, 6) is -0.937. The van der Waals surface area contributed by atoms with Crippen LogP contribution in [0.3, 0.4) is 0 Å². The number of carbonyl (C=O) groups is 1. The summed E-state index contributed by atoms with van der Waals surface area (Å²) in [5.41, 5.74) is 0.385. The summed E-state index contributed by atoms with van der Waals surface area (Å²) >= 11 is 1.11. The quantitative estimate of drug-likeness (QED) is 0.895. The zero-order chi connectivity index (χ0) is 18.2. The summed E-state index contributed by atoms with van der Waals surface area (Å²) in [6, 6.07) is 4.44. The Hall–Kier alpha value is -2.36. The number of carboxylic acids is 1. The van der Waals surface area contributed by atoms with Crippen molar-refractivity contribution in [2.24, 2.45) is 4.99 Å². The lowest BCUT2D eigenvalue weighted by Gasteiger charge is -2.07. The van der Waals surface area contributed by atoms with Gasteiger partial charge in [0, 0.05) is 0 Å². The molecule has 3 rings (SSSR count). The van der Waals surface area contributed by atoms with Crippen LogP contribution in [0.25, 0.3) is 0 Å². The third kappa shape index (κ3) is 3.84.